The van der Waals surface area contributed by atoms with E-state index in [1.165, 1.54) is 0 Å². The van der Waals surface area contributed by atoms with Gasteiger partial charge in [0.15, 0.2) is 0 Å². The summed E-state index contributed by atoms with van der Waals surface area (Å²) in [6, 6.07) is 2.07. The summed E-state index contributed by atoms with van der Waals surface area (Å²) in [5.74, 6) is 0. The first kappa shape index (κ1) is 10.3. The zero-order chi connectivity index (χ0) is 7.33. The molecule has 0 heterocycles. The minimum atomic E-state index is -1.80. The zero-order valence-electron chi connectivity index (χ0n) is 5.26. The Morgan fingerprint density at radius 3 is 2.33 bits per heavy atom. The maximum atomic E-state index is 5.83. The molecule has 0 bridgehead atoms. The van der Waals surface area contributed by atoms with Gasteiger partial charge in [-0.2, -0.15) is 0 Å². The van der Waals surface area contributed by atoms with E-state index in [-0.39, 0.29) is 0 Å². The second-order valence-corrected chi connectivity index (χ2v) is 12.2. The van der Waals surface area contributed by atoms with E-state index in [4.69, 9.17) is 33.8 Å². The van der Waals surface area contributed by atoms with Crippen LogP contribution in [0.5, 0.6) is 0 Å². The third kappa shape index (κ3) is 9.30. The Labute approximate surface area is 74.1 Å². The van der Waals surface area contributed by atoms with Crippen molar-refractivity contribution >= 4 is 50.0 Å². The highest BCUT2D eigenvalue weighted by Gasteiger charge is 2.19. The van der Waals surface area contributed by atoms with Crippen LogP contribution < -0.4 is 0 Å². The molecule has 0 fully saturated rings. The third-order valence-electron chi connectivity index (χ3n) is 0.835. The first-order valence-corrected chi connectivity index (χ1v) is 9.39. The van der Waals surface area contributed by atoms with Crippen LogP contribution in [0.4, 0.5) is 0 Å². The number of hydrogen-bond donors (Lipinski definition) is 0. The van der Waals surface area contributed by atoms with E-state index in [0.717, 1.165) is 27.1 Å². The van der Waals surface area contributed by atoms with E-state index in [1.54, 1.807) is 0 Å². The molecule has 0 spiro atoms. The van der Waals surface area contributed by atoms with E-state index in [2.05, 4.69) is 0 Å². The van der Waals surface area contributed by atoms with Crippen LogP contribution in [0.2, 0.25) is 18.6 Å². The van der Waals surface area contributed by atoms with Crippen LogP contribution in [0, 0.1) is 0 Å². The molecule has 0 aliphatic heterocycles. The van der Waals surface area contributed by atoms with Crippen LogP contribution in [0.1, 0.15) is 0 Å². The van der Waals surface area contributed by atoms with Crippen molar-refractivity contribution in [3.8, 4) is 0 Å². The molecule has 9 heavy (non-hydrogen) atoms. The molecular weight excluding hydrogens is 211 g/mol. The van der Waals surface area contributed by atoms with Gasteiger partial charge in [0.05, 0.1) is 9.52 Å². The molecule has 0 aromatic rings. The molecule has 0 N–H and O–H groups in total. The largest absolute Gasteiger partial charge is 0.248 e. The molecule has 0 atom stereocenters. The van der Waals surface area contributed by atoms with Gasteiger partial charge in [0.1, 0.15) is 0 Å². The van der Waals surface area contributed by atoms with E-state index in [1.807, 2.05) is 6.55 Å². The Balaban J connectivity index is 3.07. The molecule has 0 amide bonds. The van der Waals surface area contributed by atoms with Gasteiger partial charge < -0.3 is 0 Å². The van der Waals surface area contributed by atoms with Crippen molar-refractivity contribution in [3.63, 3.8) is 0 Å². The van der Waals surface area contributed by atoms with Gasteiger partial charge in [0.2, 0.25) is 6.69 Å². The number of rotatable bonds is 4. The van der Waals surface area contributed by atoms with E-state index in [0.29, 0.717) is 0 Å². The second kappa shape index (κ2) is 5.02. The molecule has 0 nitrogen and oxygen atoms in total. The number of alkyl halides is 1. The van der Waals surface area contributed by atoms with Crippen molar-refractivity contribution in [2.45, 2.75) is 18.6 Å². The number of hydrogen-bond acceptors (Lipinski definition) is 0. The van der Waals surface area contributed by atoms with Crippen LogP contribution in [-0.2, 0) is 0 Å². The van der Waals surface area contributed by atoms with Gasteiger partial charge in [-0.25, -0.2) is 0 Å². The van der Waals surface area contributed by atoms with Gasteiger partial charge in [-0.1, -0.05) is 6.04 Å². The van der Waals surface area contributed by atoms with Crippen LogP contribution in [-0.4, -0.2) is 21.7 Å². The molecule has 54 valence electrons. The highest BCUT2D eigenvalue weighted by Crippen LogP contribution is 2.21. The molecule has 0 rings (SSSR count). The molecule has 0 aliphatic carbocycles. The van der Waals surface area contributed by atoms with E-state index < -0.39 is 6.69 Å². The van der Waals surface area contributed by atoms with Crippen LogP contribution >= 0.6 is 33.8 Å². The summed E-state index contributed by atoms with van der Waals surface area (Å²) >= 11 is 17.1. The smallest absolute Gasteiger partial charge is 0.146 e. The molecule has 0 unspecified atom stereocenters. The summed E-state index contributed by atoms with van der Waals surface area (Å²) in [7, 11) is 0.820. The second-order valence-electron chi connectivity index (χ2n) is 1.95. The van der Waals surface area contributed by atoms with E-state index in [9.17, 15) is 0 Å². The summed E-state index contributed by atoms with van der Waals surface area (Å²) in [5, 5.41) is 0. The first-order chi connectivity index (χ1) is 4.06. The molecular formula is C4H9Cl3Si2. The van der Waals surface area contributed by atoms with Gasteiger partial charge in [-0.05, 0) is 12.6 Å². The Morgan fingerprint density at radius 1 is 1.44 bits per heavy atom. The SMILES string of the molecule is C[Si](Cl)(Cl)CC[Si]CCl. The Kier molecular flexibility index (Phi) is 5.75. The lowest BCUT2D eigenvalue weighted by Gasteiger charge is -2.07. The average Bonchev–Trinajstić information content (AvgIpc) is 1.63. The van der Waals surface area contributed by atoms with Crippen molar-refractivity contribution in [2.24, 2.45) is 0 Å². The molecule has 0 aromatic carbocycles. The lowest BCUT2D eigenvalue weighted by molar-refractivity contribution is 1.39. The third-order valence-corrected chi connectivity index (χ3v) is 4.96. The van der Waals surface area contributed by atoms with Crippen LogP contribution in [0.25, 0.3) is 0 Å². The highest BCUT2D eigenvalue weighted by atomic mass is 35.7. The molecule has 0 saturated heterocycles. The molecule has 0 aromatic heterocycles. The minimum Gasteiger partial charge on any atom is -0.146 e. The normalized spacial score (nSPS) is 12.0. The summed E-state index contributed by atoms with van der Waals surface area (Å²) in [5.41, 5.74) is 0.748. The van der Waals surface area contributed by atoms with Crippen LogP contribution in [0.3, 0.4) is 0 Å². The molecule has 0 aliphatic rings. The minimum absolute atomic E-state index is 0.748. The topological polar surface area (TPSA) is 0 Å². The standard InChI is InChI=1S/C4H9Cl3Si2/c1-9(6,7)3-2-8-4-5/h2-4H2,1H3. The maximum absolute atomic E-state index is 5.83. The Morgan fingerprint density at radius 2 is 2.00 bits per heavy atom. The molecule has 0 saturated carbocycles. The summed E-state index contributed by atoms with van der Waals surface area (Å²) in [4.78, 5) is 0. The Bertz CT molecular complexity index is 70.7. The van der Waals surface area contributed by atoms with Gasteiger partial charge in [-0.3, -0.25) is 0 Å². The fourth-order valence-corrected chi connectivity index (χ4v) is 5.07. The van der Waals surface area contributed by atoms with Crippen molar-refractivity contribution in [3.05, 3.63) is 0 Å². The first-order valence-electron chi connectivity index (χ1n) is 2.71. The molecule has 5 heteroatoms. The van der Waals surface area contributed by atoms with Crippen molar-refractivity contribution in [1.29, 1.82) is 0 Å². The van der Waals surface area contributed by atoms with Gasteiger partial charge >= 0.3 is 0 Å². The quantitative estimate of drug-likeness (QED) is 0.295. The lowest BCUT2D eigenvalue weighted by Crippen LogP contribution is -2.12. The summed E-state index contributed by atoms with van der Waals surface area (Å²) < 4.78 is 0. The Hall–Kier alpha value is 1.30. The van der Waals surface area contributed by atoms with Gasteiger partial charge in [0, 0.05) is 5.50 Å². The molecule has 2 radical (unpaired) electrons. The van der Waals surface area contributed by atoms with Crippen LogP contribution in [0.15, 0.2) is 0 Å². The van der Waals surface area contributed by atoms with Crippen molar-refractivity contribution < 1.29 is 0 Å². The average molecular weight is 220 g/mol. The van der Waals surface area contributed by atoms with Crippen molar-refractivity contribution in [2.75, 3.05) is 5.50 Å². The van der Waals surface area contributed by atoms with Gasteiger partial charge in [0.25, 0.3) is 0 Å². The van der Waals surface area contributed by atoms with Gasteiger partial charge in [-0.15, -0.1) is 33.8 Å². The number of halogens is 3. The predicted octanol–water partition coefficient (Wildman–Crippen LogP) is 2.85. The summed E-state index contributed by atoms with van der Waals surface area (Å²) in [6.45, 7) is 0.138. The fraction of sp³-hybridized carbons (Fsp3) is 1.00. The fourth-order valence-electron chi connectivity index (χ4n) is 0.375. The highest BCUT2D eigenvalue weighted by molar-refractivity contribution is 7.45. The van der Waals surface area contributed by atoms with Crippen molar-refractivity contribution in [1.82, 2.24) is 0 Å². The maximum Gasteiger partial charge on any atom is 0.248 e. The predicted molar refractivity (Wildman–Crippen MR) is 49.4 cm³/mol. The summed E-state index contributed by atoms with van der Waals surface area (Å²) in [6.07, 6.45) is 0. The van der Waals surface area contributed by atoms with E-state index >= 15 is 0 Å². The zero-order valence-corrected chi connectivity index (χ0v) is 9.52. The lowest BCUT2D eigenvalue weighted by atomic mass is 10.9. The monoisotopic (exact) mass is 218 g/mol.